The Morgan fingerprint density at radius 3 is 1.88 bits per heavy atom. The number of fused-ring (bicyclic) bond motifs is 1. The Labute approximate surface area is 196 Å². The topological polar surface area (TPSA) is 73.8 Å². The van der Waals surface area contributed by atoms with Crippen LogP contribution in [0.15, 0.2) is 123 Å². The highest BCUT2D eigenvalue weighted by molar-refractivity contribution is 6.15. The number of aliphatic imine (C=N–C) groups is 1. The van der Waals surface area contributed by atoms with Crippen LogP contribution in [0, 0.1) is 0 Å². The molecule has 0 radical (unpaired) electrons. The molecule has 6 heteroatoms. The lowest BCUT2D eigenvalue weighted by Crippen LogP contribution is -2.10. The number of nitrogens with zero attached hydrogens (tertiary/aromatic N) is 5. The third-order valence-electron chi connectivity index (χ3n) is 5.77. The van der Waals surface area contributed by atoms with E-state index >= 15 is 0 Å². The van der Waals surface area contributed by atoms with Crippen LogP contribution in [-0.4, -0.2) is 5.84 Å². The largest absolute Gasteiger partial charge is 0.343 e. The molecule has 0 atom stereocenters. The number of anilines is 1. The first-order valence-electron chi connectivity index (χ1n) is 11.0. The van der Waals surface area contributed by atoms with Gasteiger partial charge in [-0.15, -0.1) is 15.3 Å². The Kier molecular flexibility index (Phi) is 4.88. The lowest BCUT2D eigenvalue weighted by Gasteiger charge is -2.17. The van der Waals surface area contributed by atoms with Gasteiger partial charge in [-0.1, -0.05) is 54.6 Å². The first kappa shape index (κ1) is 19.9. The molecule has 0 aromatic heterocycles. The van der Waals surface area contributed by atoms with Crippen LogP contribution in [0.1, 0.15) is 6.92 Å². The molecule has 1 N–H and O–H groups in total. The maximum Gasteiger partial charge on any atom is 0.103 e. The van der Waals surface area contributed by atoms with Crippen LogP contribution in [0.4, 0.5) is 34.1 Å². The summed E-state index contributed by atoms with van der Waals surface area (Å²) in [5, 5.41) is 25.5. The highest BCUT2D eigenvalue weighted by atomic mass is 15.1. The monoisotopic (exact) mass is 440 g/mol. The van der Waals surface area contributed by atoms with Gasteiger partial charge in [0, 0.05) is 27.2 Å². The summed E-state index contributed by atoms with van der Waals surface area (Å²) in [5.74, 6) is 0.880. The predicted octanol–water partition coefficient (Wildman–Crippen LogP) is 9.30. The summed E-state index contributed by atoms with van der Waals surface area (Å²) >= 11 is 0. The van der Waals surface area contributed by atoms with Crippen LogP contribution >= 0.6 is 0 Å². The molecule has 6 rings (SSSR count). The SMILES string of the molecule is CC1=Nc2ccc(/N=N/c3ccc(/N=N/c4ccccc4)c4ccccc34)c3cccc(c23)N1. The van der Waals surface area contributed by atoms with Gasteiger partial charge < -0.3 is 5.32 Å². The Hall–Kier alpha value is -4.71. The van der Waals surface area contributed by atoms with E-state index in [-0.39, 0.29) is 0 Å². The second kappa shape index (κ2) is 8.33. The molecule has 1 aliphatic rings. The van der Waals surface area contributed by atoms with Gasteiger partial charge in [-0.05, 0) is 49.4 Å². The molecular formula is C28H20N6. The zero-order chi connectivity index (χ0) is 22.9. The van der Waals surface area contributed by atoms with Crippen molar-refractivity contribution in [2.24, 2.45) is 25.4 Å². The van der Waals surface area contributed by atoms with Gasteiger partial charge in [-0.2, -0.15) is 5.11 Å². The molecule has 5 aromatic rings. The van der Waals surface area contributed by atoms with E-state index in [4.69, 9.17) is 0 Å². The fourth-order valence-corrected chi connectivity index (χ4v) is 4.22. The summed E-state index contributed by atoms with van der Waals surface area (Å²) in [6, 6.07) is 31.7. The minimum atomic E-state index is 0.779. The molecule has 162 valence electrons. The summed E-state index contributed by atoms with van der Waals surface area (Å²) < 4.78 is 0. The van der Waals surface area contributed by atoms with Crippen molar-refractivity contribution in [3.63, 3.8) is 0 Å². The molecule has 5 aromatic carbocycles. The lowest BCUT2D eigenvalue weighted by molar-refractivity contribution is 1.23. The molecule has 0 amide bonds. The summed E-state index contributed by atoms with van der Waals surface area (Å²) in [6.45, 7) is 1.96. The van der Waals surface area contributed by atoms with Gasteiger partial charge in [-0.25, -0.2) is 4.99 Å². The molecule has 0 saturated carbocycles. The molecule has 6 nitrogen and oxygen atoms in total. The molecule has 0 unspecified atom stereocenters. The predicted molar refractivity (Wildman–Crippen MR) is 139 cm³/mol. The molecule has 0 aliphatic carbocycles. The summed E-state index contributed by atoms with van der Waals surface area (Å²) in [7, 11) is 0. The van der Waals surface area contributed by atoms with Crippen molar-refractivity contribution in [1.82, 2.24) is 0 Å². The maximum atomic E-state index is 4.63. The molecular weight excluding hydrogens is 420 g/mol. The van der Waals surface area contributed by atoms with Crippen molar-refractivity contribution >= 4 is 61.5 Å². The van der Waals surface area contributed by atoms with Crippen molar-refractivity contribution in [3.8, 4) is 0 Å². The first-order chi connectivity index (χ1) is 16.8. The highest BCUT2D eigenvalue weighted by Crippen LogP contribution is 2.41. The molecule has 1 aliphatic heterocycles. The van der Waals surface area contributed by atoms with Gasteiger partial charge in [0.25, 0.3) is 0 Å². The standard InChI is InChI=1S/C28H20N6/c1-18-29-26-13-7-12-22-25(16-17-27(30-18)28(22)26)34-33-24-15-14-23(20-10-5-6-11-21(20)24)32-31-19-8-3-2-4-9-19/h2-17H,1H3,(H,29,30)/b32-31+,34-33+. The average molecular weight is 441 g/mol. The minimum absolute atomic E-state index is 0.779. The third-order valence-corrected chi connectivity index (χ3v) is 5.77. The molecule has 0 spiro atoms. The molecule has 0 fully saturated rings. The smallest absolute Gasteiger partial charge is 0.103 e. The van der Waals surface area contributed by atoms with Crippen LogP contribution in [0.2, 0.25) is 0 Å². The zero-order valence-electron chi connectivity index (χ0n) is 18.5. The van der Waals surface area contributed by atoms with Crippen LogP contribution in [0.25, 0.3) is 21.5 Å². The van der Waals surface area contributed by atoms with E-state index in [1.54, 1.807) is 0 Å². The van der Waals surface area contributed by atoms with Crippen LogP contribution in [0.3, 0.4) is 0 Å². The maximum absolute atomic E-state index is 4.63. The van der Waals surface area contributed by atoms with Crippen molar-refractivity contribution in [2.45, 2.75) is 6.92 Å². The van der Waals surface area contributed by atoms with Crippen LogP contribution in [-0.2, 0) is 0 Å². The van der Waals surface area contributed by atoms with E-state index in [9.17, 15) is 0 Å². The van der Waals surface area contributed by atoms with E-state index in [2.05, 4.69) is 42.9 Å². The van der Waals surface area contributed by atoms with Crippen molar-refractivity contribution in [2.75, 3.05) is 5.32 Å². The van der Waals surface area contributed by atoms with Crippen LogP contribution < -0.4 is 5.32 Å². The summed E-state index contributed by atoms with van der Waals surface area (Å²) in [5.41, 5.74) is 5.16. The van der Waals surface area contributed by atoms with Crippen LogP contribution in [0.5, 0.6) is 0 Å². The van der Waals surface area contributed by atoms with Gasteiger partial charge in [0.1, 0.15) is 5.84 Å². The van der Waals surface area contributed by atoms with E-state index in [1.807, 2.05) is 91.9 Å². The fourth-order valence-electron chi connectivity index (χ4n) is 4.22. The number of benzene rings is 5. The quantitative estimate of drug-likeness (QED) is 0.278. The van der Waals surface area contributed by atoms with Gasteiger partial charge in [0.05, 0.1) is 28.4 Å². The van der Waals surface area contributed by atoms with Gasteiger partial charge in [0.15, 0.2) is 0 Å². The number of nitrogens with one attached hydrogen (secondary N) is 1. The third kappa shape index (κ3) is 3.61. The average Bonchev–Trinajstić information content (AvgIpc) is 2.88. The van der Waals surface area contributed by atoms with E-state index in [0.717, 1.165) is 61.5 Å². The Morgan fingerprint density at radius 2 is 1.15 bits per heavy atom. The van der Waals surface area contributed by atoms with E-state index in [1.165, 1.54) is 0 Å². The Morgan fingerprint density at radius 1 is 0.559 bits per heavy atom. The molecule has 34 heavy (non-hydrogen) atoms. The van der Waals surface area contributed by atoms with Crippen molar-refractivity contribution in [1.29, 1.82) is 0 Å². The number of azo groups is 2. The summed E-state index contributed by atoms with van der Waals surface area (Å²) in [4.78, 5) is 4.63. The van der Waals surface area contributed by atoms with Gasteiger partial charge in [0.2, 0.25) is 0 Å². The second-order valence-corrected chi connectivity index (χ2v) is 8.04. The van der Waals surface area contributed by atoms with Crippen molar-refractivity contribution in [3.05, 3.63) is 97.1 Å². The Bertz CT molecular complexity index is 1630. The minimum Gasteiger partial charge on any atom is -0.343 e. The Balaban J connectivity index is 1.40. The molecule has 0 bridgehead atoms. The number of hydrogen-bond donors (Lipinski definition) is 1. The molecule has 1 heterocycles. The van der Waals surface area contributed by atoms with Crippen molar-refractivity contribution < 1.29 is 0 Å². The second-order valence-electron chi connectivity index (χ2n) is 8.04. The van der Waals surface area contributed by atoms with E-state index in [0.29, 0.717) is 0 Å². The number of rotatable bonds is 4. The zero-order valence-corrected chi connectivity index (χ0v) is 18.5. The highest BCUT2D eigenvalue weighted by Gasteiger charge is 2.14. The number of amidine groups is 1. The lowest BCUT2D eigenvalue weighted by atomic mass is 10.0. The number of hydrogen-bond acceptors (Lipinski definition) is 6. The van der Waals surface area contributed by atoms with Gasteiger partial charge >= 0.3 is 0 Å². The van der Waals surface area contributed by atoms with Gasteiger partial charge in [-0.3, -0.25) is 0 Å². The summed E-state index contributed by atoms with van der Waals surface area (Å²) in [6.07, 6.45) is 0. The fraction of sp³-hybridized carbons (Fsp3) is 0.0357. The molecule has 0 saturated heterocycles. The first-order valence-corrected chi connectivity index (χ1v) is 11.0. The normalized spacial score (nSPS) is 13.0. The van der Waals surface area contributed by atoms with E-state index < -0.39 is 0 Å².